The highest BCUT2D eigenvalue weighted by molar-refractivity contribution is 5.76. The van der Waals surface area contributed by atoms with Crippen LogP contribution in [0.5, 0.6) is 0 Å². The fourth-order valence-electron chi connectivity index (χ4n) is 1.00. The maximum absolute atomic E-state index is 11.0. The first-order valence-corrected chi connectivity index (χ1v) is 3.28. The maximum atomic E-state index is 11.0. The predicted octanol–water partition coefficient (Wildman–Crippen LogP) is -3.56. The third-order valence-electron chi connectivity index (χ3n) is 1.70. The maximum Gasteiger partial charge on any atom is 0.328 e. The van der Waals surface area contributed by atoms with Crippen molar-refractivity contribution in [3.05, 3.63) is 0 Å². The zero-order valence-corrected chi connectivity index (χ0v) is 6.66. The fourth-order valence-corrected chi connectivity index (χ4v) is 1.00. The molecule has 13 heavy (non-hydrogen) atoms. The van der Waals surface area contributed by atoms with Gasteiger partial charge in [-0.1, -0.05) is 0 Å². The molecule has 6 N–H and O–H groups in total. The average molecular weight is 196 g/mol. The quantitative estimate of drug-likeness (QED) is 0.362. The van der Waals surface area contributed by atoms with Crippen LogP contribution in [0.25, 0.3) is 0 Å². The molecule has 1 rings (SSSR count). The first kappa shape index (κ1) is 12.1. The minimum atomic E-state index is -1.49. The van der Waals surface area contributed by atoms with Gasteiger partial charge in [0.05, 0.1) is 0 Å². The van der Waals surface area contributed by atoms with E-state index in [0.717, 1.165) is 0 Å². The number of hydrogen-bond acceptors (Lipinski definition) is 5. The Labute approximate surface area is 73.5 Å². The molecule has 1 saturated heterocycles. The molecule has 0 saturated carbocycles. The molecule has 8 nitrogen and oxygen atoms in total. The summed E-state index contributed by atoms with van der Waals surface area (Å²) in [6, 6.07) is -0.806. The van der Waals surface area contributed by atoms with E-state index in [0.29, 0.717) is 9.80 Å². The summed E-state index contributed by atoms with van der Waals surface area (Å²) in [5, 5.41) is 35.3. The van der Waals surface area contributed by atoms with Crippen LogP contribution in [0, 0.1) is 0 Å². The molecule has 1 aliphatic rings. The second-order valence-electron chi connectivity index (χ2n) is 2.33. The van der Waals surface area contributed by atoms with Crippen LogP contribution in [-0.2, 0) is 0 Å². The summed E-state index contributed by atoms with van der Waals surface area (Å²) in [7, 11) is 0. The smallest absolute Gasteiger partial charge is 0.328 e. The molecular weight excluding hydrogens is 184 g/mol. The van der Waals surface area contributed by atoms with Crippen LogP contribution < -0.4 is 0 Å². The monoisotopic (exact) mass is 196 g/mol. The van der Waals surface area contributed by atoms with Gasteiger partial charge in [0.25, 0.3) is 0 Å². The fraction of sp³-hybridized carbons (Fsp3) is 0.800. The van der Waals surface area contributed by atoms with E-state index in [2.05, 4.69) is 0 Å². The zero-order chi connectivity index (χ0) is 9.30. The number of hydrogen-bond donors (Lipinski definition) is 4. The summed E-state index contributed by atoms with van der Waals surface area (Å²) in [5.41, 5.74) is 0. The lowest BCUT2D eigenvalue weighted by Crippen LogP contribution is -2.37. The van der Waals surface area contributed by atoms with E-state index in [-0.39, 0.29) is 5.48 Å². The highest BCUT2D eigenvalue weighted by Crippen LogP contribution is 2.17. The van der Waals surface area contributed by atoms with E-state index in [1.165, 1.54) is 0 Å². The number of carbonyl (C=O) groups excluding carboxylic acids is 1. The van der Waals surface area contributed by atoms with Crippen molar-refractivity contribution in [1.82, 2.24) is 9.80 Å². The van der Waals surface area contributed by atoms with Gasteiger partial charge in [0.1, 0.15) is 13.5 Å². The van der Waals surface area contributed by atoms with Crippen LogP contribution in [0.1, 0.15) is 0 Å². The lowest BCUT2D eigenvalue weighted by atomic mass is 10.5. The molecule has 1 heterocycles. The van der Waals surface area contributed by atoms with Gasteiger partial charge in [-0.2, -0.15) is 0 Å². The highest BCUT2D eigenvalue weighted by Gasteiger charge is 2.43. The minimum Gasteiger partial charge on any atom is -0.412 e. The van der Waals surface area contributed by atoms with Crippen LogP contribution in [0.3, 0.4) is 0 Å². The van der Waals surface area contributed by atoms with Gasteiger partial charge in [-0.3, -0.25) is 9.80 Å². The molecule has 0 aliphatic carbocycles. The molecule has 0 aromatic heterocycles. The Morgan fingerprint density at radius 2 is 1.38 bits per heavy atom. The minimum absolute atomic E-state index is 0. The normalized spacial score (nSPS) is 27.8. The van der Waals surface area contributed by atoms with Gasteiger partial charge in [0, 0.05) is 0 Å². The second-order valence-corrected chi connectivity index (χ2v) is 2.33. The van der Waals surface area contributed by atoms with Crippen molar-refractivity contribution in [2.24, 2.45) is 0 Å². The van der Waals surface area contributed by atoms with Gasteiger partial charge in [-0.05, 0) is 0 Å². The van der Waals surface area contributed by atoms with E-state index in [4.69, 9.17) is 20.4 Å². The molecule has 2 unspecified atom stereocenters. The predicted molar refractivity (Wildman–Crippen MR) is 38.9 cm³/mol. The number of carbonyl (C=O) groups is 1. The van der Waals surface area contributed by atoms with Crippen molar-refractivity contribution in [1.29, 1.82) is 0 Å². The van der Waals surface area contributed by atoms with E-state index >= 15 is 0 Å². The van der Waals surface area contributed by atoms with E-state index < -0.39 is 31.9 Å². The Morgan fingerprint density at radius 1 is 1.08 bits per heavy atom. The molecule has 1 fully saturated rings. The molecule has 0 bridgehead atoms. The Balaban J connectivity index is 0.00000144. The summed E-state index contributed by atoms with van der Waals surface area (Å²) in [6.07, 6.45) is -2.98. The third-order valence-corrected chi connectivity index (χ3v) is 1.70. The summed E-state index contributed by atoms with van der Waals surface area (Å²) < 4.78 is 0. The molecule has 0 radical (unpaired) electrons. The molecule has 0 aromatic rings. The molecule has 2 atom stereocenters. The number of amides is 2. The topological polar surface area (TPSA) is 136 Å². The van der Waals surface area contributed by atoms with Crippen LogP contribution in [0.2, 0.25) is 0 Å². The summed E-state index contributed by atoms with van der Waals surface area (Å²) in [4.78, 5) is 12.3. The van der Waals surface area contributed by atoms with E-state index in [9.17, 15) is 4.79 Å². The van der Waals surface area contributed by atoms with Crippen molar-refractivity contribution in [2.45, 2.75) is 12.5 Å². The molecule has 78 valence electrons. The van der Waals surface area contributed by atoms with Crippen molar-refractivity contribution < 1.29 is 30.7 Å². The second kappa shape index (κ2) is 4.35. The largest absolute Gasteiger partial charge is 0.412 e. The third kappa shape index (κ3) is 1.71. The molecule has 0 aromatic carbocycles. The van der Waals surface area contributed by atoms with Crippen molar-refractivity contribution in [2.75, 3.05) is 13.5 Å². The lowest BCUT2D eigenvalue weighted by Gasteiger charge is -2.15. The zero-order valence-electron chi connectivity index (χ0n) is 6.66. The van der Waals surface area contributed by atoms with Gasteiger partial charge < -0.3 is 25.9 Å². The molecular formula is C5H12N2O6. The van der Waals surface area contributed by atoms with Crippen LogP contribution in [-0.4, -0.2) is 67.7 Å². The SMILES string of the molecule is O.O=C1N(CO)C(O)C(O)N1CO. The number of nitrogens with zero attached hydrogens (tertiary/aromatic N) is 2. The molecule has 0 spiro atoms. The number of aliphatic hydroxyl groups excluding tert-OH is 4. The van der Waals surface area contributed by atoms with Gasteiger partial charge >= 0.3 is 6.03 Å². The number of rotatable bonds is 2. The van der Waals surface area contributed by atoms with Crippen LogP contribution in [0.15, 0.2) is 0 Å². The van der Waals surface area contributed by atoms with E-state index in [1.54, 1.807) is 0 Å². The van der Waals surface area contributed by atoms with Gasteiger partial charge in [-0.15, -0.1) is 0 Å². The number of urea groups is 1. The molecule has 8 heteroatoms. The van der Waals surface area contributed by atoms with Crippen LogP contribution >= 0.6 is 0 Å². The molecule has 1 aliphatic heterocycles. The van der Waals surface area contributed by atoms with Gasteiger partial charge in [-0.25, -0.2) is 4.79 Å². The van der Waals surface area contributed by atoms with Crippen molar-refractivity contribution >= 4 is 6.03 Å². The average Bonchev–Trinajstić information content (AvgIpc) is 2.25. The van der Waals surface area contributed by atoms with Crippen LogP contribution in [0.4, 0.5) is 4.79 Å². The summed E-state index contributed by atoms with van der Waals surface area (Å²) in [6.45, 7) is -1.40. The van der Waals surface area contributed by atoms with E-state index in [1.807, 2.05) is 0 Å². The Bertz CT molecular complexity index is 170. The first-order valence-electron chi connectivity index (χ1n) is 3.28. The van der Waals surface area contributed by atoms with Crippen molar-refractivity contribution in [3.63, 3.8) is 0 Å². The van der Waals surface area contributed by atoms with Gasteiger partial charge in [0.15, 0.2) is 12.5 Å². The number of aliphatic hydroxyl groups is 4. The Morgan fingerprint density at radius 3 is 1.54 bits per heavy atom. The molecule has 2 amide bonds. The summed E-state index contributed by atoms with van der Waals surface area (Å²) >= 11 is 0. The summed E-state index contributed by atoms with van der Waals surface area (Å²) in [5.74, 6) is 0. The Hall–Kier alpha value is -0.930. The van der Waals surface area contributed by atoms with Crippen molar-refractivity contribution in [3.8, 4) is 0 Å². The first-order chi connectivity index (χ1) is 5.63. The standard InChI is InChI=1S/C5H10N2O5.H2O/c8-1-6-3(10)4(11)7(2-9)5(6)12;/h3-4,8-11H,1-2H2;1H2. The lowest BCUT2D eigenvalue weighted by molar-refractivity contribution is -0.0924. The Kier molecular flexibility index (Phi) is 4.04. The highest BCUT2D eigenvalue weighted by atomic mass is 16.4. The van der Waals surface area contributed by atoms with Gasteiger partial charge in [0.2, 0.25) is 0 Å².